The number of hydrogen-bond donors (Lipinski definition) is 1. The lowest BCUT2D eigenvalue weighted by Gasteiger charge is -2.08. The minimum Gasteiger partial charge on any atom is -0.295 e. The van der Waals surface area contributed by atoms with Gasteiger partial charge >= 0.3 is 0 Å². The van der Waals surface area contributed by atoms with Crippen molar-refractivity contribution in [2.24, 2.45) is 0 Å². The van der Waals surface area contributed by atoms with Gasteiger partial charge in [-0.1, -0.05) is 12.1 Å². The van der Waals surface area contributed by atoms with Gasteiger partial charge in [-0.2, -0.15) is 5.10 Å². The summed E-state index contributed by atoms with van der Waals surface area (Å²) in [6.45, 7) is 8.04. The van der Waals surface area contributed by atoms with Gasteiger partial charge in [-0.3, -0.25) is 9.48 Å². The van der Waals surface area contributed by atoms with Crippen molar-refractivity contribution in [3.8, 4) is 0 Å². The van der Waals surface area contributed by atoms with E-state index in [1.807, 2.05) is 20.8 Å². The lowest BCUT2D eigenvalue weighted by molar-refractivity contribution is 0.101. The number of nitrogens with zero attached hydrogens (tertiary/aromatic N) is 2. The second kappa shape index (κ2) is 6.64. The first-order valence-corrected chi connectivity index (χ1v) is 8.82. The summed E-state index contributed by atoms with van der Waals surface area (Å²) in [4.78, 5) is 11.4. The van der Waals surface area contributed by atoms with E-state index >= 15 is 0 Å². The molecule has 0 saturated carbocycles. The van der Waals surface area contributed by atoms with Crippen LogP contribution in [0.2, 0.25) is 0 Å². The van der Waals surface area contributed by atoms with E-state index in [0.717, 1.165) is 17.0 Å². The minimum absolute atomic E-state index is 0.0956. The lowest BCUT2D eigenvalue weighted by Crippen LogP contribution is -2.28. The van der Waals surface area contributed by atoms with Crippen LogP contribution >= 0.6 is 0 Å². The smallest absolute Gasteiger partial charge is 0.240 e. The van der Waals surface area contributed by atoms with Crippen LogP contribution in [0.5, 0.6) is 0 Å². The first-order chi connectivity index (χ1) is 10.7. The summed E-state index contributed by atoms with van der Waals surface area (Å²) in [5, 5.41) is 4.38. The van der Waals surface area contributed by atoms with Crippen LogP contribution in [0.3, 0.4) is 0 Å². The Balaban J connectivity index is 2.04. The molecule has 0 saturated heterocycles. The van der Waals surface area contributed by atoms with Gasteiger partial charge in [-0.25, -0.2) is 13.1 Å². The molecular formula is C16H21N3O3S. The van der Waals surface area contributed by atoms with Gasteiger partial charge in [0.2, 0.25) is 10.0 Å². The molecule has 2 aromatic rings. The average Bonchev–Trinajstić information content (AvgIpc) is 2.74. The average molecular weight is 335 g/mol. The number of sulfonamides is 1. The number of benzene rings is 1. The van der Waals surface area contributed by atoms with Crippen LogP contribution < -0.4 is 4.72 Å². The molecule has 6 nitrogen and oxygen atoms in total. The first-order valence-electron chi connectivity index (χ1n) is 7.33. The summed E-state index contributed by atoms with van der Waals surface area (Å²) in [5.41, 5.74) is 3.59. The van der Waals surface area contributed by atoms with Gasteiger partial charge in [0.05, 0.1) is 17.1 Å². The number of carbonyl (C=O) groups excluding carboxylic acids is 1. The number of aryl methyl sites for hydroxylation is 1. The normalized spacial score (nSPS) is 11.7. The monoisotopic (exact) mass is 335 g/mol. The highest BCUT2D eigenvalue weighted by Gasteiger charge is 2.14. The second-order valence-electron chi connectivity index (χ2n) is 5.50. The van der Waals surface area contributed by atoms with Crippen LogP contribution in [0, 0.1) is 20.8 Å². The molecule has 2 rings (SSSR count). The van der Waals surface area contributed by atoms with Crippen molar-refractivity contribution in [1.82, 2.24) is 14.5 Å². The van der Waals surface area contributed by atoms with E-state index in [2.05, 4.69) is 9.82 Å². The van der Waals surface area contributed by atoms with E-state index in [1.54, 1.807) is 4.68 Å². The lowest BCUT2D eigenvalue weighted by atomic mass is 10.2. The standard InChI is InChI=1S/C16H21N3O3S/c1-11-12(2)18-19(13(11)3)10-9-17-23(21,22)16-7-5-15(6-8-16)14(4)20/h5-8,17H,9-10H2,1-4H3. The molecular weight excluding hydrogens is 314 g/mol. The molecule has 0 atom stereocenters. The molecule has 124 valence electrons. The van der Waals surface area contributed by atoms with Gasteiger partial charge < -0.3 is 0 Å². The number of Topliss-reactive ketones (excluding diaryl/α,β-unsaturated/α-hetero) is 1. The van der Waals surface area contributed by atoms with E-state index in [0.29, 0.717) is 12.1 Å². The van der Waals surface area contributed by atoms with Crippen molar-refractivity contribution < 1.29 is 13.2 Å². The van der Waals surface area contributed by atoms with Gasteiger partial charge in [0.25, 0.3) is 0 Å². The number of aromatic nitrogens is 2. The summed E-state index contributed by atoms with van der Waals surface area (Å²) in [5.74, 6) is -0.0956. The predicted molar refractivity (Wildman–Crippen MR) is 88.1 cm³/mol. The number of hydrogen-bond acceptors (Lipinski definition) is 4. The quantitative estimate of drug-likeness (QED) is 0.819. The zero-order chi connectivity index (χ0) is 17.2. The zero-order valence-electron chi connectivity index (χ0n) is 13.8. The van der Waals surface area contributed by atoms with Crippen molar-refractivity contribution >= 4 is 15.8 Å². The highest BCUT2D eigenvalue weighted by atomic mass is 32.2. The molecule has 0 bridgehead atoms. The Bertz CT molecular complexity index is 821. The molecule has 1 heterocycles. The molecule has 7 heteroatoms. The van der Waals surface area contributed by atoms with Gasteiger partial charge in [-0.05, 0) is 45.4 Å². The van der Waals surface area contributed by atoms with Crippen LogP contribution in [0.1, 0.15) is 34.2 Å². The van der Waals surface area contributed by atoms with Crippen LogP contribution in [0.4, 0.5) is 0 Å². The summed E-state index contributed by atoms with van der Waals surface area (Å²) in [6, 6.07) is 5.90. The van der Waals surface area contributed by atoms with Crippen molar-refractivity contribution in [3.05, 3.63) is 46.8 Å². The summed E-state index contributed by atoms with van der Waals surface area (Å²) < 4.78 is 28.8. The number of nitrogens with one attached hydrogen (secondary N) is 1. The SMILES string of the molecule is CC(=O)c1ccc(S(=O)(=O)NCCn2nc(C)c(C)c2C)cc1. The fourth-order valence-corrected chi connectivity index (χ4v) is 3.26. The highest BCUT2D eigenvalue weighted by Crippen LogP contribution is 2.12. The molecule has 0 unspecified atom stereocenters. The Morgan fingerprint density at radius 1 is 1.17 bits per heavy atom. The maximum atomic E-state index is 12.2. The number of carbonyl (C=O) groups is 1. The number of rotatable bonds is 6. The maximum Gasteiger partial charge on any atom is 0.240 e. The molecule has 0 aliphatic heterocycles. The molecule has 1 aromatic heterocycles. The van der Waals surface area contributed by atoms with Crippen LogP contribution in [0.15, 0.2) is 29.2 Å². The molecule has 0 radical (unpaired) electrons. The summed E-state index contributed by atoms with van der Waals surface area (Å²) in [6.07, 6.45) is 0. The maximum absolute atomic E-state index is 12.2. The second-order valence-corrected chi connectivity index (χ2v) is 7.26. The van der Waals surface area contributed by atoms with E-state index in [9.17, 15) is 13.2 Å². The van der Waals surface area contributed by atoms with Gasteiger partial charge in [0, 0.05) is 17.8 Å². The van der Waals surface area contributed by atoms with Crippen LogP contribution in [-0.4, -0.2) is 30.5 Å². The Hall–Kier alpha value is -1.99. The molecule has 0 aliphatic rings. The molecule has 23 heavy (non-hydrogen) atoms. The van der Waals surface area contributed by atoms with Gasteiger partial charge in [0.1, 0.15) is 0 Å². The van der Waals surface area contributed by atoms with E-state index in [1.165, 1.54) is 31.2 Å². The zero-order valence-corrected chi connectivity index (χ0v) is 14.6. The van der Waals surface area contributed by atoms with Crippen LogP contribution in [-0.2, 0) is 16.6 Å². The summed E-state index contributed by atoms with van der Waals surface area (Å²) >= 11 is 0. The van der Waals surface area contributed by atoms with Gasteiger partial charge in [0.15, 0.2) is 5.78 Å². The van der Waals surface area contributed by atoms with Crippen molar-refractivity contribution in [3.63, 3.8) is 0 Å². The molecule has 0 amide bonds. The Kier molecular flexibility index (Phi) is 5.01. The molecule has 0 spiro atoms. The summed E-state index contributed by atoms with van der Waals surface area (Å²) in [7, 11) is -3.59. The molecule has 1 N–H and O–H groups in total. The Labute approximate surface area is 136 Å². The topological polar surface area (TPSA) is 81.1 Å². The van der Waals surface area contributed by atoms with Crippen molar-refractivity contribution in [2.75, 3.05) is 6.54 Å². The Morgan fingerprint density at radius 3 is 2.26 bits per heavy atom. The first kappa shape index (κ1) is 17.4. The largest absolute Gasteiger partial charge is 0.295 e. The van der Waals surface area contributed by atoms with Crippen molar-refractivity contribution in [2.45, 2.75) is 39.1 Å². The Morgan fingerprint density at radius 2 is 1.78 bits per heavy atom. The van der Waals surface area contributed by atoms with E-state index < -0.39 is 10.0 Å². The molecule has 0 fully saturated rings. The minimum atomic E-state index is -3.59. The van der Waals surface area contributed by atoms with Crippen molar-refractivity contribution in [1.29, 1.82) is 0 Å². The highest BCUT2D eigenvalue weighted by molar-refractivity contribution is 7.89. The van der Waals surface area contributed by atoms with Gasteiger partial charge in [-0.15, -0.1) is 0 Å². The third-order valence-corrected chi connectivity index (χ3v) is 5.41. The van der Waals surface area contributed by atoms with E-state index in [4.69, 9.17) is 0 Å². The fourth-order valence-electron chi connectivity index (χ4n) is 2.24. The fraction of sp³-hybridized carbons (Fsp3) is 0.375. The number of ketones is 1. The van der Waals surface area contributed by atoms with Crippen LogP contribution in [0.25, 0.3) is 0 Å². The van der Waals surface area contributed by atoms with E-state index in [-0.39, 0.29) is 17.2 Å². The molecule has 0 aliphatic carbocycles. The third-order valence-electron chi connectivity index (χ3n) is 3.93. The third kappa shape index (κ3) is 3.86. The molecule has 1 aromatic carbocycles. The predicted octanol–water partition coefficient (Wildman–Crippen LogP) is 1.99.